The summed E-state index contributed by atoms with van der Waals surface area (Å²) in [5.74, 6) is 0.0406. The molecule has 14 heavy (non-hydrogen) atoms. The Morgan fingerprint density at radius 3 is 2.86 bits per heavy atom. The fraction of sp³-hybridized carbons (Fsp3) is 0.444. The van der Waals surface area contributed by atoms with Crippen molar-refractivity contribution in [2.45, 2.75) is 6.04 Å². The zero-order valence-corrected chi connectivity index (χ0v) is 10.2. The monoisotopic (exact) mass is 274 g/mol. The molecule has 1 fully saturated rings. The molecule has 1 aliphatic rings. The number of nitrogens with zero attached hydrogens (tertiary/aromatic N) is 1. The van der Waals surface area contributed by atoms with Crippen molar-refractivity contribution in [2.75, 3.05) is 20.1 Å². The molecule has 0 bridgehead atoms. The highest BCUT2D eigenvalue weighted by atomic mass is 79.9. The van der Waals surface area contributed by atoms with Gasteiger partial charge in [0, 0.05) is 13.1 Å². The molecule has 76 valence electrons. The van der Waals surface area contributed by atoms with Crippen molar-refractivity contribution in [1.82, 2.24) is 10.2 Å². The Kier molecular flexibility index (Phi) is 2.90. The van der Waals surface area contributed by atoms with E-state index in [9.17, 15) is 4.79 Å². The van der Waals surface area contributed by atoms with Crippen molar-refractivity contribution >= 4 is 33.2 Å². The molecule has 1 saturated heterocycles. The first-order valence-corrected chi connectivity index (χ1v) is 6.01. The smallest absolute Gasteiger partial charge is 0.261 e. The normalized spacial score (nSPS) is 17.9. The maximum Gasteiger partial charge on any atom is 0.261 e. The summed E-state index contributed by atoms with van der Waals surface area (Å²) in [4.78, 5) is 14.6. The van der Waals surface area contributed by atoms with Crippen LogP contribution in [0.1, 0.15) is 9.67 Å². The SMILES string of the molecule is CN1CC(NC(=O)c2ccc(Br)s2)C1. The quantitative estimate of drug-likeness (QED) is 0.888. The summed E-state index contributed by atoms with van der Waals surface area (Å²) in [6.45, 7) is 1.91. The van der Waals surface area contributed by atoms with E-state index in [1.165, 1.54) is 11.3 Å². The summed E-state index contributed by atoms with van der Waals surface area (Å²) in [5, 5.41) is 2.99. The van der Waals surface area contributed by atoms with Gasteiger partial charge >= 0.3 is 0 Å². The number of rotatable bonds is 2. The minimum absolute atomic E-state index is 0.0406. The number of carbonyl (C=O) groups is 1. The largest absolute Gasteiger partial charge is 0.346 e. The first kappa shape index (κ1) is 10.1. The van der Waals surface area contributed by atoms with E-state index in [0.29, 0.717) is 6.04 Å². The molecule has 1 N–H and O–H groups in total. The summed E-state index contributed by atoms with van der Waals surface area (Å²) in [6.07, 6.45) is 0. The van der Waals surface area contributed by atoms with Gasteiger partial charge in [-0.05, 0) is 35.1 Å². The van der Waals surface area contributed by atoms with Gasteiger partial charge in [0.05, 0.1) is 14.7 Å². The van der Waals surface area contributed by atoms with Gasteiger partial charge in [0.25, 0.3) is 5.91 Å². The van der Waals surface area contributed by atoms with Crippen molar-refractivity contribution in [3.05, 3.63) is 20.8 Å². The molecule has 0 spiro atoms. The van der Waals surface area contributed by atoms with E-state index in [0.717, 1.165) is 21.8 Å². The average Bonchev–Trinajstić information content (AvgIpc) is 2.49. The van der Waals surface area contributed by atoms with Gasteiger partial charge < -0.3 is 10.2 Å². The van der Waals surface area contributed by atoms with Crippen LogP contribution in [0.2, 0.25) is 0 Å². The molecule has 1 amide bonds. The summed E-state index contributed by atoms with van der Waals surface area (Å²) in [6, 6.07) is 4.06. The Bertz CT molecular complexity index is 346. The first-order valence-electron chi connectivity index (χ1n) is 4.40. The van der Waals surface area contributed by atoms with Crippen LogP contribution in [0.5, 0.6) is 0 Å². The number of hydrogen-bond acceptors (Lipinski definition) is 3. The Morgan fingerprint density at radius 2 is 2.36 bits per heavy atom. The maximum absolute atomic E-state index is 11.6. The molecule has 1 aromatic rings. The Hall–Kier alpha value is -0.390. The van der Waals surface area contributed by atoms with Crippen molar-refractivity contribution < 1.29 is 4.79 Å². The van der Waals surface area contributed by atoms with Crippen LogP contribution in [0.25, 0.3) is 0 Å². The number of likely N-dealkylation sites (tertiary alicyclic amines) is 1. The highest BCUT2D eigenvalue weighted by Crippen LogP contribution is 2.22. The summed E-state index contributed by atoms with van der Waals surface area (Å²) < 4.78 is 0.994. The molecule has 0 unspecified atom stereocenters. The average molecular weight is 275 g/mol. The van der Waals surface area contributed by atoms with Crippen molar-refractivity contribution in [1.29, 1.82) is 0 Å². The number of carbonyl (C=O) groups excluding carboxylic acids is 1. The van der Waals surface area contributed by atoms with Crippen LogP contribution in [-0.2, 0) is 0 Å². The number of halogens is 1. The number of likely N-dealkylation sites (N-methyl/N-ethyl adjacent to an activating group) is 1. The third-order valence-corrected chi connectivity index (χ3v) is 3.82. The van der Waals surface area contributed by atoms with Crippen molar-refractivity contribution in [2.24, 2.45) is 0 Å². The Balaban J connectivity index is 1.90. The van der Waals surface area contributed by atoms with E-state index < -0.39 is 0 Å². The molecule has 1 aromatic heterocycles. The molecule has 2 rings (SSSR count). The van der Waals surface area contributed by atoms with E-state index in [-0.39, 0.29) is 5.91 Å². The van der Waals surface area contributed by atoms with Crippen LogP contribution in [0.4, 0.5) is 0 Å². The van der Waals surface area contributed by atoms with Crippen molar-refractivity contribution in [3.63, 3.8) is 0 Å². The van der Waals surface area contributed by atoms with Crippen LogP contribution in [0.3, 0.4) is 0 Å². The predicted molar refractivity (Wildman–Crippen MR) is 60.8 cm³/mol. The number of nitrogens with one attached hydrogen (secondary N) is 1. The van der Waals surface area contributed by atoms with E-state index >= 15 is 0 Å². The maximum atomic E-state index is 11.6. The van der Waals surface area contributed by atoms with Gasteiger partial charge in [0.2, 0.25) is 0 Å². The number of hydrogen-bond donors (Lipinski definition) is 1. The van der Waals surface area contributed by atoms with Crippen LogP contribution in [0, 0.1) is 0 Å². The summed E-state index contributed by atoms with van der Waals surface area (Å²) in [5.41, 5.74) is 0. The van der Waals surface area contributed by atoms with E-state index in [4.69, 9.17) is 0 Å². The number of amides is 1. The summed E-state index contributed by atoms with van der Waals surface area (Å²) >= 11 is 4.80. The second-order valence-corrected chi connectivity index (χ2v) is 5.96. The standard InChI is InChI=1S/C9H11BrN2OS/c1-12-4-6(5-12)11-9(13)7-2-3-8(10)14-7/h2-3,6H,4-5H2,1H3,(H,11,13). The molecule has 2 heterocycles. The van der Waals surface area contributed by atoms with Gasteiger partial charge in [0.1, 0.15) is 0 Å². The Labute approximate surface area is 95.2 Å². The molecule has 0 atom stereocenters. The minimum Gasteiger partial charge on any atom is -0.346 e. The van der Waals surface area contributed by atoms with Gasteiger partial charge in [-0.25, -0.2) is 0 Å². The first-order chi connectivity index (χ1) is 6.65. The fourth-order valence-electron chi connectivity index (χ4n) is 1.48. The molecule has 3 nitrogen and oxygen atoms in total. The van der Waals surface area contributed by atoms with E-state index in [1.807, 2.05) is 19.2 Å². The number of thiophene rings is 1. The third-order valence-electron chi connectivity index (χ3n) is 2.20. The molecular formula is C9H11BrN2OS. The zero-order chi connectivity index (χ0) is 10.1. The van der Waals surface area contributed by atoms with E-state index in [2.05, 4.69) is 26.1 Å². The van der Waals surface area contributed by atoms with Gasteiger partial charge in [-0.1, -0.05) is 0 Å². The minimum atomic E-state index is 0.0406. The van der Waals surface area contributed by atoms with Gasteiger partial charge in [-0.15, -0.1) is 11.3 Å². The molecule has 0 radical (unpaired) electrons. The third kappa shape index (κ3) is 2.16. The predicted octanol–water partition coefficient (Wildman–Crippen LogP) is 1.55. The molecule has 5 heteroatoms. The molecule has 0 aliphatic carbocycles. The van der Waals surface area contributed by atoms with Gasteiger partial charge in [-0.3, -0.25) is 4.79 Å². The lowest BCUT2D eigenvalue weighted by molar-refractivity contribution is 0.0862. The second-order valence-electron chi connectivity index (χ2n) is 3.50. The molecular weight excluding hydrogens is 264 g/mol. The topological polar surface area (TPSA) is 32.3 Å². The van der Waals surface area contributed by atoms with Gasteiger partial charge in [-0.2, -0.15) is 0 Å². The summed E-state index contributed by atoms with van der Waals surface area (Å²) in [7, 11) is 2.05. The van der Waals surface area contributed by atoms with Gasteiger partial charge in [0.15, 0.2) is 0 Å². The molecule has 0 saturated carbocycles. The lowest BCUT2D eigenvalue weighted by Crippen LogP contribution is -2.57. The Morgan fingerprint density at radius 1 is 1.64 bits per heavy atom. The van der Waals surface area contributed by atoms with Crippen molar-refractivity contribution in [3.8, 4) is 0 Å². The highest BCUT2D eigenvalue weighted by Gasteiger charge is 2.25. The van der Waals surface area contributed by atoms with E-state index in [1.54, 1.807) is 0 Å². The fourth-order valence-corrected chi connectivity index (χ4v) is 2.77. The van der Waals surface area contributed by atoms with Crippen LogP contribution in [0.15, 0.2) is 15.9 Å². The lowest BCUT2D eigenvalue weighted by atomic mass is 10.1. The lowest BCUT2D eigenvalue weighted by Gasteiger charge is -2.36. The second kappa shape index (κ2) is 4.00. The molecule has 1 aliphatic heterocycles. The zero-order valence-electron chi connectivity index (χ0n) is 7.79. The van der Waals surface area contributed by atoms with Crippen LogP contribution in [-0.4, -0.2) is 37.0 Å². The van der Waals surface area contributed by atoms with Crippen LogP contribution < -0.4 is 5.32 Å². The molecule has 0 aromatic carbocycles. The van der Waals surface area contributed by atoms with Crippen LogP contribution >= 0.6 is 27.3 Å². The highest BCUT2D eigenvalue weighted by molar-refractivity contribution is 9.11.